The molecule has 1 atom stereocenters. The Morgan fingerprint density at radius 1 is 1.00 bits per heavy atom. The van der Waals surface area contributed by atoms with Crippen LogP contribution in [-0.4, -0.2) is 18.1 Å². The van der Waals surface area contributed by atoms with Gasteiger partial charge in [0.25, 0.3) is 5.91 Å². The Kier molecular flexibility index (Phi) is 5.93. The van der Waals surface area contributed by atoms with E-state index >= 15 is 0 Å². The summed E-state index contributed by atoms with van der Waals surface area (Å²) in [6.07, 6.45) is 0.812. The van der Waals surface area contributed by atoms with E-state index < -0.39 is 0 Å². The van der Waals surface area contributed by atoms with E-state index in [1.165, 1.54) is 16.7 Å². The summed E-state index contributed by atoms with van der Waals surface area (Å²) in [7, 11) is 0. The second kappa shape index (κ2) is 8.40. The first-order valence-corrected chi connectivity index (χ1v) is 11.9. The third-order valence-corrected chi connectivity index (χ3v) is 7.00. The van der Waals surface area contributed by atoms with Gasteiger partial charge in [0, 0.05) is 26.7 Å². The molecule has 0 aromatic heterocycles. The van der Waals surface area contributed by atoms with Crippen LogP contribution in [0, 0.1) is 6.92 Å². The van der Waals surface area contributed by atoms with E-state index in [4.69, 9.17) is 4.74 Å². The van der Waals surface area contributed by atoms with E-state index in [0.29, 0.717) is 12.2 Å². The number of anilines is 1. The standard InChI is InChI=1S/C28H30BrNO2/c1-6-32-23-14-10-21(11-15-23)28(5)18-27(3,4)30(25-16-7-19(2)17-24(25)28)26(31)20-8-12-22(29)13-9-20/h7-17H,6,18H2,1-5H3/t28-/m1/s1. The van der Waals surface area contributed by atoms with Crippen molar-refractivity contribution in [1.29, 1.82) is 0 Å². The zero-order valence-corrected chi connectivity index (χ0v) is 21.0. The minimum absolute atomic E-state index is 0.0290. The second-order valence-corrected chi connectivity index (χ2v) is 10.4. The first-order chi connectivity index (χ1) is 15.2. The number of nitrogens with zero attached hydrogens (tertiary/aromatic N) is 1. The number of benzene rings is 3. The molecule has 0 saturated carbocycles. The van der Waals surface area contributed by atoms with Gasteiger partial charge in [-0.2, -0.15) is 0 Å². The Morgan fingerprint density at radius 3 is 2.28 bits per heavy atom. The van der Waals surface area contributed by atoms with E-state index in [2.05, 4.69) is 74.0 Å². The van der Waals surface area contributed by atoms with Gasteiger partial charge in [-0.3, -0.25) is 4.79 Å². The third-order valence-electron chi connectivity index (χ3n) is 6.48. The van der Waals surface area contributed by atoms with Crippen LogP contribution in [0.4, 0.5) is 5.69 Å². The molecule has 0 radical (unpaired) electrons. The van der Waals surface area contributed by atoms with Crippen LogP contribution in [0.2, 0.25) is 0 Å². The molecule has 0 spiro atoms. The number of hydrogen-bond acceptors (Lipinski definition) is 2. The first kappa shape index (κ1) is 22.6. The van der Waals surface area contributed by atoms with E-state index in [1.54, 1.807) is 0 Å². The number of rotatable bonds is 4. The van der Waals surface area contributed by atoms with Crippen LogP contribution in [0.1, 0.15) is 61.2 Å². The smallest absolute Gasteiger partial charge is 0.258 e. The fourth-order valence-electron chi connectivity index (χ4n) is 5.10. The van der Waals surface area contributed by atoms with Gasteiger partial charge in [-0.05, 0) is 87.7 Å². The molecule has 166 valence electrons. The van der Waals surface area contributed by atoms with Crippen molar-refractivity contribution in [1.82, 2.24) is 0 Å². The minimum Gasteiger partial charge on any atom is -0.494 e. The monoisotopic (exact) mass is 491 g/mol. The Hall–Kier alpha value is -2.59. The summed E-state index contributed by atoms with van der Waals surface area (Å²) >= 11 is 3.47. The predicted octanol–water partition coefficient (Wildman–Crippen LogP) is 7.29. The molecule has 1 heterocycles. The normalized spacial score (nSPS) is 19.4. The molecule has 0 aliphatic carbocycles. The fourth-order valence-corrected chi connectivity index (χ4v) is 5.37. The van der Waals surface area contributed by atoms with Gasteiger partial charge in [0.1, 0.15) is 5.75 Å². The molecule has 0 bridgehead atoms. The van der Waals surface area contributed by atoms with Crippen LogP contribution in [0.3, 0.4) is 0 Å². The van der Waals surface area contributed by atoms with Crippen molar-refractivity contribution in [2.24, 2.45) is 0 Å². The SMILES string of the molecule is CCOc1ccc([C@@]2(C)CC(C)(C)N(C(=O)c3ccc(Br)cc3)c3ccc(C)cc32)cc1. The maximum Gasteiger partial charge on any atom is 0.258 e. The zero-order valence-electron chi connectivity index (χ0n) is 19.4. The molecular formula is C28H30BrNO2. The summed E-state index contributed by atoms with van der Waals surface area (Å²) in [5.74, 6) is 0.910. The van der Waals surface area contributed by atoms with Crippen molar-refractivity contribution in [3.8, 4) is 5.75 Å². The fraction of sp³-hybridized carbons (Fsp3) is 0.321. The third kappa shape index (κ3) is 3.97. The summed E-state index contributed by atoms with van der Waals surface area (Å²) in [4.78, 5) is 15.7. The van der Waals surface area contributed by atoms with Gasteiger partial charge in [-0.15, -0.1) is 0 Å². The number of ether oxygens (including phenoxy) is 1. The summed E-state index contributed by atoms with van der Waals surface area (Å²) in [6.45, 7) is 11.4. The number of hydrogen-bond donors (Lipinski definition) is 0. The molecule has 0 fully saturated rings. The van der Waals surface area contributed by atoms with Gasteiger partial charge in [0.2, 0.25) is 0 Å². The van der Waals surface area contributed by atoms with Gasteiger partial charge >= 0.3 is 0 Å². The lowest BCUT2D eigenvalue weighted by Gasteiger charge is -2.51. The highest BCUT2D eigenvalue weighted by atomic mass is 79.9. The van der Waals surface area contributed by atoms with Crippen molar-refractivity contribution >= 4 is 27.5 Å². The van der Waals surface area contributed by atoms with Crippen molar-refractivity contribution in [3.05, 3.63) is 93.5 Å². The lowest BCUT2D eigenvalue weighted by molar-refractivity contribution is 0.0948. The molecule has 4 heteroatoms. The lowest BCUT2D eigenvalue weighted by Crippen LogP contribution is -2.55. The van der Waals surface area contributed by atoms with Crippen molar-refractivity contribution in [3.63, 3.8) is 0 Å². The maximum atomic E-state index is 13.7. The summed E-state index contributed by atoms with van der Waals surface area (Å²) in [6, 6.07) is 22.5. The van der Waals surface area contributed by atoms with Crippen LogP contribution < -0.4 is 9.64 Å². The van der Waals surface area contributed by atoms with Crippen LogP contribution in [0.15, 0.2) is 71.2 Å². The maximum absolute atomic E-state index is 13.7. The molecule has 32 heavy (non-hydrogen) atoms. The Bertz CT molecular complexity index is 1140. The highest BCUT2D eigenvalue weighted by molar-refractivity contribution is 9.10. The molecule has 3 aromatic carbocycles. The molecule has 0 saturated heterocycles. The van der Waals surface area contributed by atoms with Crippen LogP contribution >= 0.6 is 15.9 Å². The highest BCUT2D eigenvalue weighted by Crippen LogP contribution is 2.51. The minimum atomic E-state index is -0.375. The van der Waals surface area contributed by atoms with E-state index in [1.807, 2.05) is 48.2 Å². The van der Waals surface area contributed by atoms with Gasteiger partial charge in [0.05, 0.1) is 6.61 Å². The number of aryl methyl sites for hydroxylation is 1. The van der Waals surface area contributed by atoms with Crippen molar-refractivity contribution in [2.45, 2.75) is 52.0 Å². The van der Waals surface area contributed by atoms with Crippen molar-refractivity contribution in [2.75, 3.05) is 11.5 Å². The largest absolute Gasteiger partial charge is 0.494 e. The quantitative estimate of drug-likeness (QED) is 0.383. The molecule has 0 N–H and O–H groups in total. The molecular weight excluding hydrogens is 462 g/mol. The second-order valence-electron chi connectivity index (χ2n) is 9.45. The van der Waals surface area contributed by atoms with Gasteiger partial charge in [-0.25, -0.2) is 0 Å². The zero-order chi connectivity index (χ0) is 23.1. The van der Waals surface area contributed by atoms with Crippen LogP contribution in [0.5, 0.6) is 5.75 Å². The van der Waals surface area contributed by atoms with Crippen molar-refractivity contribution < 1.29 is 9.53 Å². The molecule has 4 rings (SSSR count). The number of amides is 1. The Labute approximate surface area is 199 Å². The summed E-state index contributed by atoms with van der Waals surface area (Å²) in [5.41, 5.74) is 4.68. The van der Waals surface area contributed by atoms with Gasteiger partial charge < -0.3 is 9.64 Å². The highest BCUT2D eigenvalue weighted by Gasteiger charge is 2.48. The Morgan fingerprint density at radius 2 is 1.66 bits per heavy atom. The molecule has 1 aliphatic heterocycles. The van der Waals surface area contributed by atoms with Crippen LogP contribution in [-0.2, 0) is 5.41 Å². The molecule has 3 aromatic rings. The van der Waals surface area contributed by atoms with Gasteiger partial charge in [0.15, 0.2) is 0 Å². The number of carbonyl (C=O) groups is 1. The first-order valence-electron chi connectivity index (χ1n) is 11.1. The molecule has 1 amide bonds. The molecule has 3 nitrogen and oxygen atoms in total. The van der Waals surface area contributed by atoms with E-state index in [9.17, 15) is 4.79 Å². The summed E-state index contributed by atoms with van der Waals surface area (Å²) < 4.78 is 6.62. The number of carbonyl (C=O) groups excluding carboxylic acids is 1. The average Bonchev–Trinajstić information content (AvgIpc) is 2.75. The Balaban J connectivity index is 1.85. The molecule has 1 aliphatic rings. The number of fused-ring (bicyclic) bond motifs is 1. The molecule has 0 unspecified atom stereocenters. The van der Waals surface area contributed by atoms with Gasteiger partial charge in [-0.1, -0.05) is 52.7 Å². The lowest BCUT2D eigenvalue weighted by atomic mass is 9.65. The predicted molar refractivity (Wildman–Crippen MR) is 135 cm³/mol. The van der Waals surface area contributed by atoms with E-state index in [-0.39, 0.29) is 16.9 Å². The average molecular weight is 492 g/mol. The van der Waals surface area contributed by atoms with Crippen LogP contribution in [0.25, 0.3) is 0 Å². The number of halogens is 1. The topological polar surface area (TPSA) is 29.5 Å². The van der Waals surface area contributed by atoms with E-state index in [0.717, 1.165) is 22.3 Å². The summed E-state index contributed by atoms with van der Waals surface area (Å²) in [5, 5.41) is 0.